The van der Waals surface area contributed by atoms with Crippen molar-refractivity contribution in [2.24, 2.45) is 5.10 Å². The summed E-state index contributed by atoms with van der Waals surface area (Å²) in [5, 5.41) is 8.97. The maximum Gasteiger partial charge on any atom is 0.329 e. The van der Waals surface area contributed by atoms with E-state index in [2.05, 4.69) is 27.7 Å². The monoisotopic (exact) mass is 414 g/mol. The average Bonchev–Trinajstić information content (AvgIpc) is 2.72. The van der Waals surface area contributed by atoms with Crippen molar-refractivity contribution < 1.29 is 19.1 Å². The molecular formula is C20H19ClN4O4. The number of hydrogen-bond donors (Lipinski definition) is 3. The number of ether oxygens (including phenoxy) is 1. The van der Waals surface area contributed by atoms with Gasteiger partial charge in [-0.05, 0) is 35.9 Å². The molecule has 0 saturated heterocycles. The molecule has 8 nitrogen and oxygen atoms in total. The SMILES string of the molecule is C=CCNC(=O)C(=O)N/N=C\c1ccc(OCC(=O)Nc2ccccc2)c(Cl)c1. The molecule has 0 aliphatic heterocycles. The second kappa shape index (κ2) is 11.3. The molecule has 0 heterocycles. The van der Waals surface area contributed by atoms with Crippen molar-refractivity contribution in [3.05, 3.63) is 71.8 Å². The number of halogens is 1. The standard InChI is InChI=1S/C20H19ClN4O4/c1-2-10-22-19(27)20(28)25-23-12-14-8-9-17(16(21)11-14)29-13-18(26)24-15-6-4-3-5-7-15/h2-9,11-12H,1,10,13H2,(H,22,27)(H,24,26)(H,25,28)/b23-12-. The largest absolute Gasteiger partial charge is 0.482 e. The van der Waals surface area contributed by atoms with Crippen LogP contribution < -0.4 is 20.8 Å². The van der Waals surface area contributed by atoms with Crippen LogP contribution in [0.1, 0.15) is 5.56 Å². The molecule has 0 bridgehead atoms. The highest BCUT2D eigenvalue weighted by Gasteiger charge is 2.11. The Morgan fingerprint density at radius 2 is 1.86 bits per heavy atom. The number of hydrazone groups is 1. The van der Waals surface area contributed by atoms with E-state index in [1.807, 2.05) is 18.2 Å². The lowest BCUT2D eigenvalue weighted by molar-refractivity contribution is -0.139. The quantitative estimate of drug-likeness (QED) is 0.266. The van der Waals surface area contributed by atoms with Gasteiger partial charge in [0.2, 0.25) is 0 Å². The van der Waals surface area contributed by atoms with Crippen molar-refractivity contribution in [2.75, 3.05) is 18.5 Å². The van der Waals surface area contributed by atoms with Crippen molar-refractivity contribution >= 4 is 41.2 Å². The van der Waals surface area contributed by atoms with E-state index in [-0.39, 0.29) is 24.1 Å². The number of carbonyl (C=O) groups excluding carboxylic acids is 3. The molecule has 29 heavy (non-hydrogen) atoms. The summed E-state index contributed by atoms with van der Waals surface area (Å²) in [6, 6.07) is 13.7. The van der Waals surface area contributed by atoms with E-state index >= 15 is 0 Å². The minimum absolute atomic E-state index is 0.177. The molecule has 0 aliphatic rings. The van der Waals surface area contributed by atoms with Crippen LogP contribution in [0, 0.1) is 0 Å². The highest BCUT2D eigenvalue weighted by Crippen LogP contribution is 2.25. The Hall–Kier alpha value is -3.65. The lowest BCUT2D eigenvalue weighted by atomic mass is 10.2. The third kappa shape index (κ3) is 7.47. The summed E-state index contributed by atoms with van der Waals surface area (Å²) in [6.07, 6.45) is 2.77. The van der Waals surface area contributed by atoms with Gasteiger partial charge in [-0.1, -0.05) is 35.9 Å². The maximum atomic E-state index is 11.9. The van der Waals surface area contributed by atoms with Crippen molar-refractivity contribution in [1.29, 1.82) is 0 Å². The Kier molecular flexibility index (Phi) is 8.40. The van der Waals surface area contributed by atoms with Crippen LogP contribution in [0.15, 0.2) is 66.3 Å². The van der Waals surface area contributed by atoms with Crippen LogP contribution >= 0.6 is 11.6 Å². The fraction of sp³-hybridized carbons (Fsp3) is 0.100. The summed E-state index contributed by atoms with van der Waals surface area (Å²) in [5.41, 5.74) is 3.32. The van der Waals surface area contributed by atoms with Gasteiger partial charge in [-0.3, -0.25) is 14.4 Å². The predicted molar refractivity (Wildman–Crippen MR) is 111 cm³/mol. The van der Waals surface area contributed by atoms with Crippen LogP contribution in [-0.2, 0) is 14.4 Å². The zero-order valence-electron chi connectivity index (χ0n) is 15.4. The van der Waals surface area contributed by atoms with Gasteiger partial charge in [-0.2, -0.15) is 5.10 Å². The predicted octanol–water partition coefficient (Wildman–Crippen LogP) is 2.11. The Morgan fingerprint density at radius 1 is 1.10 bits per heavy atom. The first-order valence-corrected chi connectivity index (χ1v) is 8.86. The van der Waals surface area contributed by atoms with Crippen LogP contribution in [0.5, 0.6) is 5.75 Å². The number of hydrogen-bond acceptors (Lipinski definition) is 5. The number of nitrogens with zero attached hydrogens (tertiary/aromatic N) is 1. The summed E-state index contributed by atoms with van der Waals surface area (Å²) in [5.74, 6) is -1.73. The van der Waals surface area contributed by atoms with Crippen molar-refractivity contribution in [2.45, 2.75) is 0 Å². The van der Waals surface area contributed by atoms with Crippen LogP contribution in [0.2, 0.25) is 5.02 Å². The van der Waals surface area contributed by atoms with Gasteiger partial charge in [-0.25, -0.2) is 5.43 Å². The fourth-order valence-electron chi connectivity index (χ4n) is 2.04. The molecule has 3 amide bonds. The lowest BCUT2D eigenvalue weighted by Crippen LogP contribution is -2.37. The van der Waals surface area contributed by atoms with Gasteiger partial charge in [-0.15, -0.1) is 6.58 Å². The van der Waals surface area contributed by atoms with Crippen LogP contribution in [0.4, 0.5) is 5.69 Å². The number of nitrogens with one attached hydrogen (secondary N) is 3. The van der Waals surface area contributed by atoms with E-state index in [0.29, 0.717) is 17.0 Å². The zero-order chi connectivity index (χ0) is 21.1. The molecule has 0 unspecified atom stereocenters. The Labute approximate surface area is 172 Å². The average molecular weight is 415 g/mol. The summed E-state index contributed by atoms with van der Waals surface area (Å²) in [4.78, 5) is 34.8. The molecule has 0 atom stereocenters. The summed E-state index contributed by atoms with van der Waals surface area (Å²) in [7, 11) is 0. The van der Waals surface area contributed by atoms with Gasteiger partial charge in [0, 0.05) is 12.2 Å². The first-order valence-electron chi connectivity index (χ1n) is 8.49. The van der Waals surface area contributed by atoms with Gasteiger partial charge < -0.3 is 15.4 Å². The van der Waals surface area contributed by atoms with Gasteiger partial charge >= 0.3 is 11.8 Å². The second-order valence-corrected chi connectivity index (χ2v) is 6.00. The minimum Gasteiger partial charge on any atom is -0.482 e. The van der Waals surface area contributed by atoms with E-state index in [9.17, 15) is 14.4 Å². The van der Waals surface area contributed by atoms with Crippen molar-refractivity contribution in [1.82, 2.24) is 10.7 Å². The normalized spacial score (nSPS) is 10.2. The second-order valence-electron chi connectivity index (χ2n) is 5.59. The molecule has 150 valence electrons. The zero-order valence-corrected chi connectivity index (χ0v) is 16.1. The van der Waals surface area contributed by atoms with E-state index in [1.165, 1.54) is 12.3 Å². The van der Waals surface area contributed by atoms with Crippen molar-refractivity contribution in [3.63, 3.8) is 0 Å². The number of benzene rings is 2. The molecule has 0 fully saturated rings. The topological polar surface area (TPSA) is 109 Å². The van der Waals surface area contributed by atoms with Crippen LogP contribution in [0.3, 0.4) is 0 Å². The molecule has 0 saturated carbocycles. The molecule has 2 aromatic carbocycles. The number of anilines is 1. The maximum absolute atomic E-state index is 11.9. The van der Waals surface area contributed by atoms with Crippen LogP contribution in [0.25, 0.3) is 0 Å². The first-order chi connectivity index (χ1) is 14.0. The fourth-order valence-corrected chi connectivity index (χ4v) is 2.28. The third-order valence-electron chi connectivity index (χ3n) is 3.37. The number of para-hydroxylation sites is 1. The van der Waals surface area contributed by atoms with E-state index in [1.54, 1.807) is 30.3 Å². The lowest BCUT2D eigenvalue weighted by Gasteiger charge is -2.09. The summed E-state index contributed by atoms with van der Waals surface area (Å²) >= 11 is 6.14. The molecule has 0 radical (unpaired) electrons. The Morgan fingerprint density at radius 3 is 2.55 bits per heavy atom. The summed E-state index contributed by atoms with van der Waals surface area (Å²) < 4.78 is 5.42. The molecular weight excluding hydrogens is 396 g/mol. The van der Waals surface area contributed by atoms with Crippen LogP contribution in [-0.4, -0.2) is 37.1 Å². The number of amides is 3. The molecule has 0 aromatic heterocycles. The van der Waals surface area contributed by atoms with E-state index in [0.717, 1.165) is 0 Å². The molecule has 3 N–H and O–H groups in total. The minimum atomic E-state index is -0.904. The van der Waals surface area contributed by atoms with Gasteiger partial charge in [0.25, 0.3) is 5.91 Å². The summed E-state index contributed by atoms with van der Waals surface area (Å²) in [6.45, 7) is 3.40. The molecule has 2 aromatic rings. The smallest absolute Gasteiger partial charge is 0.329 e. The number of rotatable bonds is 8. The van der Waals surface area contributed by atoms with E-state index in [4.69, 9.17) is 16.3 Å². The van der Waals surface area contributed by atoms with Crippen molar-refractivity contribution in [3.8, 4) is 5.75 Å². The first kappa shape index (κ1) is 21.6. The van der Waals surface area contributed by atoms with Gasteiger partial charge in [0.15, 0.2) is 6.61 Å². The Balaban J connectivity index is 1.84. The highest BCUT2D eigenvalue weighted by molar-refractivity contribution is 6.35. The number of carbonyl (C=O) groups is 3. The third-order valence-corrected chi connectivity index (χ3v) is 3.66. The molecule has 9 heteroatoms. The van der Waals surface area contributed by atoms with Gasteiger partial charge in [0.05, 0.1) is 11.2 Å². The van der Waals surface area contributed by atoms with E-state index < -0.39 is 11.8 Å². The molecule has 2 rings (SSSR count). The van der Waals surface area contributed by atoms with Gasteiger partial charge in [0.1, 0.15) is 5.75 Å². The molecule has 0 spiro atoms. The molecule has 0 aliphatic carbocycles. The highest BCUT2D eigenvalue weighted by atomic mass is 35.5. The Bertz CT molecular complexity index is 916.